The number of nitrogens with two attached hydrogens (primary N) is 1. The maximum Gasteiger partial charge on any atom is 0.323 e. The number of ether oxygens (including phenoxy) is 2. The first-order valence-corrected chi connectivity index (χ1v) is 13.1. The molecule has 5 heteroatoms. The number of benzene rings is 1. The zero-order valence-corrected chi connectivity index (χ0v) is 21.7. The molecule has 0 aliphatic carbocycles. The Morgan fingerprint density at radius 1 is 0.886 bits per heavy atom. The first kappa shape index (κ1) is 30.4. The largest absolute Gasteiger partial charge is 0.461 e. The lowest BCUT2D eigenvalue weighted by molar-refractivity contribution is -0.158. The number of hydrogen-bond acceptors (Lipinski definition) is 5. The molecule has 1 aromatic carbocycles. The van der Waals surface area contributed by atoms with Crippen LogP contribution < -0.4 is 5.73 Å². The summed E-state index contributed by atoms with van der Waals surface area (Å²) in [4.78, 5) is 24.1. The Morgan fingerprint density at radius 2 is 1.49 bits per heavy atom. The number of unbranched alkanes of at least 4 members (excludes halogenated alkanes) is 5. The molecular formula is C30H45NO4. The third kappa shape index (κ3) is 17.4. The predicted molar refractivity (Wildman–Crippen MR) is 144 cm³/mol. The summed E-state index contributed by atoms with van der Waals surface area (Å²) in [6, 6.07) is 8.81. The van der Waals surface area contributed by atoms with Crippen molar-refractivity contribution in [3.63, 3.8) is 0 Å². The van der Waals surface area contributed by atoms with Gasteiger partial charge in [0.25, 0.3) is 0 Å². The summed E-state index contributed by atoms with van der Waals surface area (Å²) in [5.74, 6) is -0.756. The van der Waals surface area contributed by atoms with E-state index < -0.39 is 18.1 Å². The molecule has 1 aromatic rings. The van der Waals surface area contributed by atoms with Gasteiger partial charge < -0.3 is 15.2 Å². The van der Waals surface area contributed by atoms with Crippen LogP contribution in [-0.4, -0.2) is 30.7 Å². The van der Waals surface area contributed by atoms with Gasteiger partial charge in [-0.25, -0.2) is 0 Å². The van der Waals surface area contributed by atoms with Crippen LogP contribution in [0.5, 0.6) is 0 Å². The quantitative estimate of drug-likeness (QED) is 0.136. The summed E-state index contributed by atoms with van der Waals surface area (Å²) >= 11 is 0. The van der Waals surface area contributed by atoms with E-state index in [4.69, 9.17) is 15.2 Å². The van der Waals surface area contributed by atoms with Crippen LogP contribution in [0.3, 0.4) is 0 Å². The molecule has 0 heterocycles. The van der Waals surface area contributed by atoms with Crippen LogP contribution >= 0.6 is 0 Å². The number of carbonyl (C=O) groups is 2. The van der Waals surface area contributed by atoms with E-state index in [1.54, 1.807) is 6.92 Å². The van der Waals surface area contributed by atoms with E-state index in [0.717, 1.165) is 37.7 Å². The molecule has 2 N–H and O–H groups in total. The molecule has 0 amide bonds. The molecule has 194 valence electrons. The van der Waals surface area contributed by atoms with Gasteiger partial charge in [-0.2, -0.15) is 0 Å². The van der Waals surface area contributed by atoms with Crippen LogP contribution in [0.15, 0.2) is 66.8 Å². The van der Waals surface area contributed by atoms with Gasteiger partial charge in [0.05, 0.1) is 0 Å². The van der Waals surface area contributed by atoms with E-state index in [9.17, 15) is 9.59 Å². The van der Waals surface area contributed by atoms with Crippen LogP contribution in [0.1, 0.15) is 83.6 Å². The lowest BCUT2D eigenvalue weighted by Crippen LogP contribution is -2.36. The standard InChI is InChI=1S/C30H45NO4/c1-3-4-5-6-7-8-9-10-11-12-13-14-15-16-20-23-29(32)35-26(2)25-34-30(33)28(31)24-27-21-18-17-19-22-27/h7-8,10-11,13-14,17-19,21-22,26,28H,3-6,9,12,15-16,20,23-25,31H2,1-2H3/b8-7-,11-10-,14-13-/t26-,28-/m0/s1. The van der Waals surface area contributed by atoms with Gasteiger partial charge in [-0.1, -0.05) is 86.6 Å². The Balaban J connectivity index is 2.03. The fourth-order valence-corrected chi connectivity index (χ4v) is 3.40. The topological polar surface area (TPSA) is 78.6 Å². The third-order valence-corrected chi connectivity index (χ3v) is 5.41. The second kappa shape index (κ2) is 20.7. The maximum absolute atomic E-state index is 12.1. The van der Waals surface area contributed by atoms with E-state index >= 15 is 0 Å². The Hall–Kier alpha value is -2.66. The fourth-order valence-electron chi connectivity index (χ4n) is 3.40. The summed E-state index contributed by atoms with van der Waals surface area (Å²) in [7, 11) is 0. The molecular weight excluding hydrogens is 438 g/mol. The summed E-state index contributed by atoms with van der Waals surface area (Å²) in [5, 5.41) is 0. The van der Waals surface area contributed by atoms with Crippen molar-refractivity contribution in [3.05, 3.63) is 72.4 Å². The molecule has 5 nitrogen and oxygen atoms in total. The highest BCUT2D eigenvalue weighted by Gasteiger charge is 2.18. The van der Waals surface area contributed by atoms with Gasteiger partial charge in [0.2, 0.25) is 0 Å². The molecule has 0 unspecified atom stereocenters. The van der Waals surface area contributed by atoms with Crippen molar-refractivity contribution in [2.24, 2.45) is 5.73 Å². The van der Waals surface area contributed by atoms with Crippen molar-refractivity contribution in [1.82, 2.24) is 0 Å². The number of allylic oxidation sites excluding steroid dienone is 6. The predicted octanol–water partition coefficient (Wildman–Crippen LogP) is 6.62. The van der Waals surface area contributed by atoms with Crippen molar-refractivity contribution < 1.29 is 19.1 Å². The van der Waals surface area contributed by atoms with Gasteiger partial charge in [-0.05, 0) is 63.9 Å². The molecule has 2 atom stereocenters. The SMILES string of the molecule is CCCCC/C=C\C/C=C\C/C=C\CCCCC(=O)O[C@@H](C)COC(=O)[C@@H](N)Cc1ccccc1. The summed E-state index contributed by atoms with van der Waals surface area (Å²) in [6.45, 7) is 3.95. The van der Waals surface area contributed by atoms with Gasteiger partial charge in [-0.15, -0.1) is 0 Å². The molecule has 0 aliphatic heterocycles. The minimum atomic E-state index is -0.735. The average Bonchev–Trinajstić information content (AvgIpc) is 2.85. The summed E-state index contributed by atoms with van der Waals surface area (Å²) < 4.78 is 10.5. The Labute approximate surface area is 212 Å². The van der Waals surface area contributed by atoms with E-state index in [1.807, 2.05) is 30.3 Å². The van der Waals surface area contributed by atoms with E-state index in [0.29, 0.717) is 12.8 Å². The molecule has 0 bridgehead atoms. The normalized spacial score (nSPS) is 13.5. The minimum absolute atomic E-state index is 0.0119. The van der Waals surface area contributed by atoms with Gasteiger partial charge in [0.15, 0.2) is 0 Å². The van der Waals surface area contributed by atoms with E-state index in [-0.39, 0.29) is 12.6 Å². The van der Waals surface area contributed by atoms with Crippen molar-refractivity contribution >= 4 is 11.9 Å². The van der Waals surface area contributed by atoms with Crippen molar-refractivity contribution in [2.45, 2.75) is 96.6 Å². The zero-order chi connectivity index (χ0) is 25.6. The second-order valence-electron chi connectivity index (χ2n) is 8.85. The van der Waals surface area contributed by atoms with Crippen molar-refractivity contribution in [1.29, 1.82) is 0 Å². The Bertz CT molecular complexity index is 770. The van der Waals surface area contributed by atoms with Gasteiger partial charge >= 0.3 is 11.9 Å². The second-order valence-corrected chi connectivity index (χ2v) is 8.85. The molecule has 0 spiro atoms. The minimum Gasteiger partial charge on any atom is -0.461 e. The monoisotopic (exact) mass is 483 g/mol. The van der Waals surface area contributed by atoms with Crippen LogP contribution in [-0.2, 0) is 25.5 Å². The highest BCUT2D eigenvalue weighted by molar-refractivity contribution is 5.76. The number of hydrogen-bond donors (Lipinski definition) is 1. The molecule has 0 fully saturated rings. The fraction of sp³-hybridized carbons (Fsp3) is 0.533. The number of esters is 2. The Morgan fingerprint density at radius 3 is 2.11 bits per heavy atom. The molecule has 0 aromatic heterocycles. The third-order valence-electron chi connectivity index (χ3n) is 5.41. The van der Waals surface area contributed by atoms with Crippen LogP contribution in [0.2, 0.25) is 0 Å². The molecule has 0 saturated heterocycles. The lowest BCUT2D eigenvalue weighted by Gasteiger charge is -2.16. The highest BCUT2D eigenvalue weighted by atomic mass is 16.6. The lowest BCUT2D eigenvalue weighted by atomic mass is 10.1. The van der Waals surface area contributed by atoms with Gasteiger partial charge in [0, 0.05) is 6.42 Å². The molecule has 1 rings (SSSR count). The highest BCUT2D eigenvalue weighted by Crippen LogP contribution is 2.07. The van der Waals surface area contributed by atoms with E-state index in [1.165, 1.54) is 25.7 Å². The van der Waals surface area contributed by atoms with Crippen molar-refractivity contribution in [3.8, 4) is 0 Å². The average molecular weight is 484 g/mol. The van der Waals surface area contributed by atoms with Gasteiger partial charge in [0.1, 0.15) is 18.8 Å². The maximum atomic E-state index is 12.1. The van der Waals surface area contributed by atoms with Crippen molar-refractivity contribution in [2.75, 3.05) is 6.61 Å². The first-order chi connectivity index (χ1) is 17.0. The van der Waals surface area contributed by atoms with Crippen LogP contribution in [0, 0.1) is 0 Å². The zero-order valence-electron chi connectivity index (χ0n) is 21.7. The molecule has 35 heavy (non-hydrogen) atoms. The number of rotatable bonds is 19. The first-order valence-electron chi connectivity index (χ1n) is 13.1. The number of carbonyl (C=O) groups excluding carboxylic acids is 2. The molecule has 0 radical (unpaired) electrons. The molecule has 0 saturated carbocycles. The van der Waals surface area contributed by atoms with Crippen LogP contribution in [0.25, 0.3) is 0 Å². The molecule has 0 aliphatic rings. The summed E-state index contributed by atoms with van der Waals surface area (Å²) in [6.07, 6.45) is 23.2. The smallest absolute Gasteiger partial charge is 0.323 e. The van der Waals surface area contributed by atoms with Crippen LogP contribution in [0.4, 0.5) is 0 Å². The van der Waals surface area contributed by atoms with Gasteiger partial charge in [-0.3, -0.25) is 9.59 Å². The summed E-state index contributed by atoms with van der Waals surface area (Å²) in [5.41, 5.74) is 6.89. The Kier molecular flexibility index (Phi) is 18.0. The van der Waals surface area contributed by atoms with E-state index in [2.05, 4.69) is 43.4 Å².